The number of aromatic hydroxyl groups is 1. The van der Waals surface area contributed by atoms with Gasteiger partial charge in [-0.2, -0.15) is 24.4 Å². The molecule has 0 bridgehead atoms. The van der Waals surface area contributed by atoms with E-state index < -0.39 is 162 Å². The van der Waals surface area contributed by atoms with Gasteiger partial charge in [0.05, 0.1) is 6.04 Å². The molecule has 2 aliphatic heterocycles. The van der Waals surface area contributed by atoms with E-state index in [-0.39, 0.29) is 131 Å². The number of aliphatic imine (C=N–C) groups is 2. The molecule has 102 heavy (non-hydrogen) atoms. The molecule has 2 fully saturated rings. The van der Waals surface area contributed by atoms with Crippen molar-refractivity contribution < 1.29 is 77.6 Å². The van der Waals surface area contributed by atoms with E-state index in [2.05, 4.69) is 70.5 Å². The number of carbonyl (C=O) groups is 13. The number of aliphatic carboxylic acids is 2. The van der Waals surface area contributed by atoms with Crippen molar-refractivity contribution in [3.8, 4) is 5.75 Å². The number of thioether (sulfide) groups is 1. The molecule has 0 spiro atoms. The van der Waals surface area contributed by atoms with E-state index in [0.717, 1.165) is 0 Å². The fraction of sp³-hybridized carbons (Fsp3) is 0.677. The van der Waals surface area contributed by atoms with Crippen molar-refractivity contribution in [3.05, 3.63) is 29.8 Å². The Bertz CT molecular complexity index is 3050. The van der Waals surface area contributed by atoms with Gasteiger partial charge in [-0.1, -0.05) is 39.8 Å². The van der Waals surface area contributed by atoms with Crippen molar-refractivity contribution in [2.45, 2.75) is 216 Å². The van der Waals surface area contributed by atoms with E-state index in [1.807, 2.05) is 13.8 Å². The van der Waals surface area contributed by atoms with Gasteiger partial charge >= 0.3 is 11.9 Å². The Morgan fingerprint density at radius 1 is 0.539 bits per heavy atom. The summed E-state index contributed by atoms with van der Waals surface area (Å²) in [5.41, 5.74) is 34.0. The molecule has 0 saturated carbocycles. The minimum atomic E-state index is -1.64. The third-order valence-electron chi connectivity index (χ3n) is 16.9. The second-order valence-corrected chi connectivity index (χ2v) is 27.6. The van der Waals surface area contributed by atoms with Gasteiger partial charge < -0.3 is 107 Å². The Balaban J connectivity index is 1.86. The number of carboxylic acid groups (broad SMARTS) is 2. The summed E-state index contributed by atoms with van der Waals surface area (Å²) in [5.74, 6) is -12.3. The molecule has 572 valence electrons. The zero-order valence-corrected chi connectivity index (χ0v) is 60.8. The number of carboxylic acids is 2. The number of hydrogen-bond acceptors (Lipinski definition) is 20. The standard InChI is InChI=1S/C65H109N19O16S2/c1-35(2)31-45(79-53(89)41(15-10-27-73-65(70)71)75-52(88)40(67)13-9-26-72-64(68)69)56(92)76-42(22-23-51(86)87)54(90)77-43(24-30-102-6)55(91)80-47(33-38-18-20-39(85)21-19-38)58(94)82-48(34-101)59(95)74-37(5)61(97)83-28-11-16-49(83)60(96)81-46(32-36(3)4)57(93)78-44(14-7-8-25-66)62(98)84-29-12-17-50(84)63(99)100/h18-21,35-37,40-50,85,101H,7-17,22-34,66-67H2,1-6H3,(H,74,95)(H,75,88)(H,76,92)(H,77,90)(H,78,93)(H,79,89)(H,80,91)(H,81,96)(H,82,94)(H,86,87)(H,99,100)(H4,68,69,72)(H4,70,71,73)/t37-,40-,41-,42-,43-,44-,45-,46-,47-,48-,49-,50-/m0/s1. The number of hydrogen-bond donors (Lipinski definition) is 19. The predicted molar refractivity (Wildman–Crippen MR) is 385 cm³/mol. The number of thiol groups is 1. The number of nitrogens with one attached hydrogen (secondary N) is 9. The SMILES string of the molecule is CSCC[C@H](NC(=O)[C@H](CCC(=O)O)NC(=O)[C@H](CC(C)C)NC(=O)[C@H](CCCN=C(N)N)NC(=O)[C@@H](N)CCCN=C(N)N)C(=O)N[C@@H](Cc1ccc(O)cc1)C(=O)N[C@@H](CS)C(=O)N[C@@H](C)C(=O)N1CCC[C@H]1C(=O)N[C@@H](CC(C)C)C(=O)N[C@@H](CCCCN)C(=O)N1CCC[C@H]1C(=O)O. The highest BCUT2D eigenvalue weighted by atomic mass is 32.2. The van der Waals surface area contributed by atoms with Crippen molar-refractivity contribution in [2.24, 2.45) is 56.2 Å². The van der Waals surface area contributed by atoms with Gasteiger partial charge in [-0.05, 0) is 151 Å². The molecule has 0 aliphatic carbocycles. The van der Waals surface area contributed by atoms with Gasteiger partial charge in [0.2, 0.25) is 65.0 Å². The first kappa shape index (κ1) is 87.5. The van der Waals surface area contributed by atoms with Crippen molar-refractivity contribution in [1.29, 1.82) is 0 Å². The topological polar surface area (TPSA) is 578 Å². The maximum atomic E-state index is 14.6. The van der Waals surface area contributed by atoms with Gasteiger partial charge in [0.15, 0.2) is 11.9 Å². The van der Waals surface area contributed by atoms with Crippen LogP contribution in [0.25, 0.3) is 0 Å². The average molecular weight is 1480 g/mol. The Kier molecular flexibility index (Phi) is 38.9. The largest absolute Gasteiger partial charge is 0.508 e. The summed E-state index contributed by atoms with van der Waals surface area (Å²) >= 11 is 5.62. The molecule has 24 N–H and O–H groups in total. The van der Waals surface area contributed by atoms with Crippen LogP contribution in [0.2, 0.25) is 0 Å². The van der Waals surface area contributed by atoms with Crippen LogP contribution in [0.1, 0.15) is 143 Å². The Hall–Kier alpha value is -8.71. The first-order valence-corrected chi connectivity index (χ1v) is 36.5. The fourth-order valence-corrected chi connectivity index (χ4v) is 12.2. The number of guanidine groups is 2. The molecule has 37 heteroatoms. The zero-order chi connectivity index (χ0) is 76.3. The summed E-state index contributed by atoms with van der Waals surface area (Å²) in [6, 6.07) is -9.98. The predicted octanol–water partition coefficient (Wildman–Crippen LogP) is -3.41. The van der Waals surface area contributed by atoms with E-state index in [9.17, 15) is 77.6 Å². The van der Waals surface area contributed by atoms with Gasteiger partial charge in [0, 0.05) is 44.8 Å². The van der Waals surface area contributed by atoms with Gasteiger partial charge in [0.1, 0.15) is 72.2 Å². The average Bonchev–Trinajstić information content (AvgIpc) is 1.58. The molecule has 35 nitrogen and oxygen atoms in total. The highest BCUT2D eigenvalue weighted by Gasteiger charge is 2.42. The third-order valence-corrected chi connectivity index (χ3v) is 17.9. The zero-order valence-electron chi connectivity index (χ0n) is 59.1. The molecular formula is C65H109N19O16S2. The normalized spacial score (nSPS) is 17.1. The lowest BCUT2D eigenvalue weighted by molar-refractivity contribution is -0.149. The number of rotatable bonds is 46. The van der Waals surface area contributed by atoms with Crippen LogP contribution in [-0.4, -0.2) is 237 Å². The van der Waals surface area contributed by atoms with Crippen LogP contribution in [-0.2, 0) is 68.7 Å². The summed E-state index contributed by atoms with van der Waals surface area (Å²) in [6.07, 6.45) is 3.38. The van der Waals surface area contributed by atoms with Gasteiger partial charge in [-0.25, -0.2) is 4.79 Å². The lowest BCUT2D eigenvalue weighted by Crippen LogP contribution is -2.61. The van der Waals surface area contributed by atoms with Gasteiger partial charge in [0.25, 0.3) is 0 Å². The van der Waals surface area contributed by atoms with Crippen LogP contribution < -0.4 is 82.3 Å². The monoisotopic (exact) mass is 1480 g/mol. The first-order chi connectivity index (χ1) is 48.2. The second-order valence-electron chi connectivity index (χ2n) is 26.3. The van der Waals surface area contributed by atoms with Crippen LogP contribution in [0.15, 0.2) is 34.3 Å². The van der Waals surface area contributed by atoms with Gasteiger partial charge in [-0.3, -0.25) is 67.5 Å². The summed E-state index contributed by atoms with van der Waals surface area (Å²) in [4.78, 5) is 190. The van der Waals surface area contributed by atoms with E-state index in [0.29, 0.717) is 44.2 Å². The maximum Gasteiger partial charge on any atom is 0.326 e. The van der Waals surface area contributed by atoms with Crippen molar-refractivity contribution in [1.82, 2.24) is 57.7 Å². The molecule has 2 heterocycles. The number of phenolic OH excluding ortho intramolecular Hbond substituents is 1. The third kappa shape index (κ3) is 30.9. The first-order valence-electron chi connectivity index (χ1n) is 34.4. The number of phenols is 1. The van der Waals surface area contributed by atoms with Crippen LogP contribution >= 0.6 is 24.4 Å². The number of nitrogens with zero attached hydrogens (tertiary/aromatic N) is 4. The van der Waals surface area contributed by atoms with Crippen molar-refractivity contribution in [2.75, 3.05) is 50.5 Å². The van der Waals surface area contributed by atoms with E-state index >= 15 is 0 Å². The fourth-order valence-electron chi connectivity index (χ4n) is 11.5. The maximum absolute atomic E-state index is 14.6. The molecule has 12 atom stereocenters. The quantitative estimate of drug-likeness (QED) is 0.0131. The Morgan fingerprint density at radius 2 is 0.980 bits per heavy atom. The van der Waals surface area contributed by atoms with E-state index in [4.69, 9.17) is 34.4 Å². The molecular weight excluding hydrogens is 1370 g/mol. The molecule has 2 aliphatic rings. The van der Waals surface area contributed by atoms with Crippen LogP contribution in [0.5, 0.6) is 5.75 Å². The van der Waals surface area contributed by atoms with Gasteiger partial charge in [-0.15, -0.1) is 0 Å². The Labute approximate surface area is 604 Å². The van der Waals surface area contributed by atoms with E-state index in [1.165, 1.54) is 52.8 Å². The molecule has 2 saturated heterocycles. The van der Waals surface area contributed by atoms with Crippen LogP contribution in [0, 0.1) is 11.8 Å². The minimum absolute atomic E-state index is 0.0193. The number of benzene rings is 1. The summed E-state index contributed by atoms with van der Waals surface area (Å²) in [7, 11) is 0. The molecule has 0 unspecified atom stereocenters. The van der Waals surface area contributed by atoms with Crippen molar-refractivity contribution >= 4 is 113 Å². The second kappa shape index (κ2) is 45.3. The molecule has 0 aromatic heterocycles. The summed E-state index contributed by atoms with van der Waals surface area (Å²) in [6.45, 7) is 9.38. The number of unbranched alkanes of at least 4 members (excludes halogenated alkanes) is 1. The molecule has 1 aromatic rings. The highest BCUT2D eigenvalue weighted by molar-refractivity contribution is 7.98. The number of likely N-dealkylation sites (tertiary alicyclic amines) is 2. The molecule has 3 rings (SSSR count). The molecule has 11 amide bonds. The molecule has 1 aromatic carbocycles. The number of nitrogens with two attached hydrogens (primary N) is 6. The lowest BCUT2D eigenvalue weighted by Gasteiger charge is -2.31. The van der Waals surface area contributed by atoms with Crippen LogP contribution in [0.4, 0.5) is 0 Å². The molecule has 0 radical (unpaired) electrons. The lowest BCUT2D eigenvalue weighted by atomic mass is 10.0. The smallest absolute Gasteiger partial charge is 0.326 e. The van der Waals surface area contributed by atoms with Crippen molar-refractivity contribution in [3.63, 3.8) is 0 Å². The minimum Gasteiger partial charge on any atom is -0.508 e. The number of carbonyl (C=O) groups excluding carboxylic acids is 11. The van der Waals surface area contributed by atoms with Crippen LogP contribution in [0.3, 0.4) is 0 Å². The summed E-state index contributed by atoms with van der Waals surface area (Å²) < 4.78 is 0. The number of amides is 11. The summed E-state index contributed by atoms with van der Waals surface area (Å²) in [5, 5.41) is 53.5. The van der Waals surface area contributed by atoms with E-state index in [1.54, 1.807) is 20.1 Å². The highest BCUT2D eigenvalue weighted by Crippen LogP contribution is 2.23. The Morgan fingerprint density at radius 3 is 1.50 bits per heavy atom.